The second-order valence-corrected chi connectivity index (χ2v) is 5.37. The number of nitrogens with one attached hydrogen (secondary N) is 1. The van der Waals surface area contributed by atoms with Crippen molar-refractivity contribution in [2.75, 3.05) is 7.11 Å². The van der Waals surface area contributed by atoms with E-state index in [9.17, 15) is 0 Å². The molecule has 0 aliphatic carbocycles. The van der Waals surface area contributed by atoms with Gasteiger partial charge in [0.2, 0.25) is 0 Å². The predicted molar refractivity (Wildman–Crippen MR) is 80.4 cm³/mol. The fourth-order valence-electron chi connectivity index (χ4n) is 1.66. The molecule has 0 radical (unpaired) electrons. The molecule has 1 aromatic carbocycles. The summed E-state index contributed by atoms with van der Waals surface area (Å²) in [5, 5.41) is 4.02. The number of halogens is 1. The molecule has 0 aromatic heterocycles. The van der Waals surface area contributed by atoms with Gasteiger partial charge in [-0.25, -0.2) is 0 Å². The van der Waals surface area contributed by atoms with Crippen LogP contribution in [0.25, 0.3) is 0 Å². The summed E-state index contributed by atoms with van der Waals surface area (Å²) < 4.78 is 11.1. The van der Waals surface area contributed by atoms with Crippen LogP contribution in [0.15, 0.2) is 12.1 Å². The zero-order valence-electron chi connectivity index (χ0n) is 12.4. The molecule has 0 fully saturated rings. The van der Waals surface area contributed by atoms with Gasteiger partial charge in [0.1, 0.15) is 0 Å². The summed E-state index contributed by atoms with van der Waals surface area (Å²) >= 11 is 6.27. The van der Waals surface area contributed by atoms with Crippen molar-refractivity contribution >= 4 is 11.6 Å². The van der Waals surface area contributed by atoms with E-state index in [1.54, 1.807) is 7.11 Å². The van der Waals surface area contributed by atoms with Gasteiger partial charge in [-0.05, 0) is 44.9 Å². The Morgan fingerprint density at radius 1 is 1.26 bits per heavy atom. The quantitative estimate of drug-likeness (QED) is 0.821. The number of ether oxygens (including phenoxy) is 2. The molecular formula is C15H24ClNO2. The lowest BCUT2D eigenvalue weighted by Gasteiger charge is -2.17. The van der Waals surface area contributed by atoms with E-state index in [-0.39, 0.29) is 6.10 Å². The fourth-order valence-corrected chi connectivity index (χ4v) is 1.94. The Morgan fingerprint density at radius 3 is 2.47 bits per heavy atom. The van der Waals surface area contributed by atoms with Gasteiger partial charge in [0, 0.05) is 12.6 Å². The summed E-state index contributed by atoms with van der Waals surface area (Å²) in [6, 6.07) is 4.38. The molecule has 1 rings (SSSR count). The third-order valence-corrected chi connectivity index (χ3v) is 3.19. The maximum Gasteiger partial charge on any atom is 0.180 e. The first-order valence-corrected chi connectivity index (χ1v) is 7.12. The molecule has 0 aliphatic heterocycles. The Balaban J connectivity index is 2.89. The predicted octanol–water partition coefficient (Wildman–Crippen LogP) is 4.02. The van der Waals surface area contributed by atoms with E-state index in [0.717, 1.165) is 18.5 Å². The zero-order valence-corrected chi connectivity index (χ0v) is 13.2. The number of hydrogen-bond donors (Lipinski definition) is 1. The Kier molecular flexibility index (Phi) is 6.46. The summed E-state index contributed by atoms with van der Waals surface area (Å²) in [5.41, 5.74) is 1.10. The Morgan fingerprint density at radius 2 is 1.95 bits per heavy atom. The summed E-state index contributed by atoms with van der Waals surface area (Å²) in [6.45, 7) is 9.02. The van der Waals surface area contributed by atoms with E-state index in [2.05, 4.69) is 19.2 Å². The highest BCUT2D eigenvalue weighted by atomic mass is 35.5. The molecule has 0 amide bonds. The van der Waals surface area contributed by atoms with Crippen molar-refractivity contribution < 1.29 is 9.47 Å². The first-order chi connectivity index (χ1) is 8.97. The topological polar surface area (TPSA) is 30.5 Å². The SMILES string of the molecule is CCC(C)NCc1cc(Cl)c(OC(C)C)c(OC)c1. The zero-order chi connectivity index (χ0) is 14.4. The minimum absolute atomic E-state index is 0.0653. The molecule has 0 saturated carbocycles. The lowest BCUT2D eigenvalue weighted by molar-refractivity contribution is 0.230. The van der Waals surface area contributed by atoms with Crippen molar-refractivity contribution in [2.24, 2.45) is 0 Å². The van der Waals surface area contributed by atoms with E-state index in [1.807, 2.05) is 26.0 Å². The molecule has 1 unspecified atom stereocenters. The molecule has 19 heavy (non-hydrogen) atoms. The van der Waals surface area contributed by atoms with E-state index >= 15 is 0 Å². The van der Waals surface area contributed by atoms with E-state index in [0.29, 0.717) is 22.6 Å². The molecule has 108 valence electrons. The monoisotopic (exact) mass is 285 g/mol. The van der Waals surface area contributed by atoms with E-state index < -0.39 is 0 Å². The second kappa shape index (κ2) is 7.61. The number of methoxy groups -OCH3 is 1. The van der Waals surface area contributed by atoms with Crippen LogP contribution in [0.1, 0.15) is 39.7 Å². The van der Waals surface area contributed by atoms with Gasteiger partial charge >= 0.3 is 0 Å². The van der Waals surface area contributed by atoms with Gasteiger partial charge in [-0.3, -0.25) is 0 Å². The fraction of sp³-hybridized carbons (Fsp3) is 0.600. The van der Waals surface area contributed by atoms with Crippen molar-refractivity contribution in [1.29, 1.82) is 0 Å². The molecule has 0 saturated heterocycles. The smallest absolute Gasteiger partial charge is 0.180 e. The highest BCUT2D eigenvalue weighted by molar-refractivity contribution is 6.32. The maximum atomic E-state index is 6.27. The summed E-state index contributed by atoms with van der Waals surface area (Å²) in [6.07, 6.45) is 1.16. The van der Waals surface area contributed by atoms with Crippen LogP contribution in [0.5, 0.6) is 11.5 Å². The van der Waals surface area contributed by atoms with Crippen LogP contribution in [0.3, 0.4) is 0 Å². The van der Waals surface area contributed by atoms with Crippen LogP contribution in [-0.2, 0) is 6.54 Å². The summed E-state index contributed by atoms with van der Waals surface area (Å²) in [4.78, 5) is 0. The van der Waals surface area contributed by atoms with Crippen LogP contribution in [-0.4, -0.2) is 19.3 Å². The standard InChI is InChI=1S/C15H24ClNO2/c1-6-11(4)17-9-12-7-13(16)15(19-10(2)3)14(8-12)18-5/h7-8,10-11,17H,6,9H2,1-5H3. The number of benzene rings is 1. The van der Waals surface area contributed by atoms with Gasteiger partial charge in [-0.2, -0.15) is 0 Å². The molecule has 3 nitrogen and oxygen atoms in total. The third-order valence-electron chi connectivity index (χ3n) is 2.91. The first-order valence-electron chi connectivity index (χ1n) is 6.74. The van der Waals surface area contributed by atoms with Gasteiger partial charge in [-0.1, -0.05) is 18.5 Å². The van der Waals surface area contributed by atoms with Crippen LogP contribution in [0.2, 0.25) is 5.02 Å². The highest BCUT2D eigenvalue weighted by Crippen LogP contribution is 2.37. The average molecular weight is 286 g/mol. The summed E-state index contributed by atoms with van der Waals surface area (Å²) in [5.74, 6) is 1.30. The van der Waals surface area contributed by atoms with Crippen molar-refractivity contribution in [3.05, 3.63) is 22.7 Å². The Bertz CT molecular complexity index is 407. The third kappa shape index (κ3) is 4.92. The van der Waals surface area contributed by atoms with Gasteiger partial charge < -0.3 is 14.8 Å². The van der Waals surface area contributed by atoms with Gasteiger partial charge in [0.05, 0.1) is 18.2 Å². The van der Waals surface area contributed by atoms with Gasteiger partial charge in [0.15, 0.2) is 11.5 Å². The van der Waals surface area contributed by atoms with Gasteiger partial charge in [0.25, 0.3) is 0 Å². The van der Waals surface area contributed by atoms with Gasteiger partial charge in [-0.15, -0.1) is 0 Å². The lowest BCUT2D eigenvalue weighted by Crippen LogP contribution is -2.24. The molecule has 1 atom stereocenters. The number of hydrogen-bond acceptors (Lipinski definition) is 3. The Labute approximate surface area is 121 Å². The van der Waals surface area contributed by atoms with Crippen LogP contribution < -0.4 is 14.8 Å². The average Bonchev–Trinajstić information content (AvgIpc) is 2.37. The van der Waals surface area contributed by atoms with Crippen LogP contribution >= 0.6 is 11.6 Å². The normalized spacial score (nSPS) is 12.6. The minimum Gasteiger partial charge on any atom is -0.493 e. The largest absolute Gasteiger partial charge is 0.493 e. The molecule has 1 N–H and O–H groups in total. The maximum absolute atomic E-state index is 6.27. The van der Waals surface area contributed by atoms with Crippen molar-refractivity contribution in [2.45, 2.75) is 52.8 Å². The van der Waals surface area contributed by atoms with Crippen molar-refractivity contribution in [3.63, 3.8) is 0 Å². The molecule has 0 bridgehead atoms. The van der Waals surface area contributed by atoms with Crippen LogP contribution in [0.4, 0.5) is 0 Å². The molecule has 1 aromatic rings. The van der Waals surface area contributed by atoms with Crippen molar-refractivity contribution in [1.82, 2.24) is 5.32 Å². The Hall–Kier alpha value is -0.930. The van der Waals surface area contributed by atoms with E-state index in [4.69, 9.17) is 21.1 Å². The molecule has 4 heteroatoms. The second-order valence-electron chi connectivity index (χ2n) is 4.97. The van der Waals surface area contributed by atoms with Crippen LogP contribution in [0, 0.1) is 0 Å². The molecule has 0 spiro atoms. The first kappa shape index (κ1) is 16.1. The lowest BCUT2D eigenvalue weighted by atomic mass is 10.1. The molecule has 0 aliphatic rings. The van der Waals surface area contributed by atoms with E-state index in [1.165, 1.54) is 0 Å². The molecular weight excluding hydrogens is 262 g/mol. The minimum atomic E-state index is 0.0653. The summed E-state index contributed by atoms with van der Waals surface area (Å²) in [7, 11) is 1.63. The number of rotatable bonds is 7. The van der Waals surface area contributed by atoms with Crippen molar-refractivity contribution in [3.8, 4) is 11.5 Å². The molecule has 0 heterocycles. The highest BCUT2D eigenvalue weighted by Gasteiger charge is 2.13.